The summed E-state index contributed by atoms with van der Waals surface area (Å²) in [6.07, 6.45) is 9.23. The molecule has 1 aromatic carbocycles. The largest absolute Gasteiger partial charge is 0.394 e. The van der Waals surface area contributed by atoms with Crippen molar-refractivity contribution in [3.63, 3.8) is 0 Å². The van der Waals surface area contributed by atoms with Gasteiger partial charge in [-0.15, -0.1) is 0 Å². The van der Waals surface area contributed by atoms with Crippen LogP contribution in [0, 0.1) is 0 Å². The minimum absolute atomic E-state index is 0.0101. The number of aliphatic hydroxyl groups excluding tert-OH is 1. The molecule has 150 valence electrons. The molecular formula is C22H24N4O3. The Morgan fingerprint density at radius 3 is 2.97 bits per heavy atom. The molecule has 0 spiro atoms. The quantitative estimate of drug-likeness (QED) is 0.619. The summed E-state index contributed by atoms with van der Waals surface area (Å²) in [6.45, 7) is 0.414. The van der Waals surface area contributed by atoms with E-state index in [1.807, 2.05) is 6.07 Å². The number of benzene rings is 1. The van der Waals surface area contributed by atoms with Gasteiger partial charge in [0, 0.05) is 24.1 Å². The molecule has 29 heavy (non-hydrogen) atoms. The lowest BCUT2D eigenvalue weighted by atomic mass is 9.85. The Balaban J connectivity index is 1.30. The average Bonchev–Trinajstić information content (AvgIpc) is 3.41. The van der Waals surface area contributed by atoms with E-state index in [1.165, 1.54) is 17.5 Å². The van der Waals surface area contributed by atoms with E-state index in [-0.39, 0.29) is 18.3 Å². The lowest BCUT2D eigenvalue weighted by Crippen LogP contribution is -2.08. The van der Waals surface area contributed by atoms with Gasteiger partial charge in [0.1, 0.15) is 0 Å². The van der Waals surface area contributed by atoms with Gasteiger partial charge in [0.15, 0.2) is 5.78 Å². The minimum Gasteiger partial charge on any atom is -0.394 e. The van der Waals surface area contributed by atoms with Crippen molar-refractivity contribution in [2.24, 2.45) is 0 Å². The van der Waals surface area contributed by atoms with Gasteiger partial charge >= 0.3 is 0 Å². The fourth-order valence-corrected chi connectivity index (χ4v) is 4.30. The van der Waals surface area contributed by atoms with Crippen LogP contribution in [0.3, 0.4) is 0 Å². The molecule has 0 aliphatic heterocycles. The Morgan fingerprint density at radius 2 is 2.17 bits per heavy atom. The maximum Gasteiger partial charge on any atom is 0.230 e. The zero-order valence-electron chi connectivity index (χ0n) is 16.3. The first-order chi connectivity index (χ1) is 14.2. The van der Waals surface area contributed by atoms with E-state index < -0.39 is 0 Å². The van der Waals surface area contributed by atoms with Crippen molar-refractivity contribution in [2.75, 3.05) is 6.61 Å². The summed E-state index contributed by atoms with van der Waals surface area (Å²) in [6, 6.07) is 6.30. The van der Waals surface area contributed by atoms with Crippen molar-refractivity contribution in [3.05, 3.63) is 53.2 Å². The van der Waals surface area contributed by atoms with E-state index in [2.05, 4.69) is 27.4 Å². The number of hydrogen-bond donors (Lipinski definition) is 1. The molecule has 2 aromatic heterocycles. The van der Waals surface area contributed by atoms with Crippen LogP contribution in [0.5, 0.6) is 0 Å². The molecule has 0 unspecified atom stereocenters. The molecule has 0 radical (unpaired) electrons. The highest BCUT2D eigenvalue weighted by molar-refractivity contribution is 5.96. The summed E-state index contributed by atoms with van der Waals surface area (Å²) in [5.41, 5.74) is 4.10. The number of fused-ring (bicyclic) bond motifs is 1. The molecule has 5 rings (SSSR count). The molecule has 2 aliphatic carbocycles. The highest BCUT2D eigenvalue weighted by Gasteiger charge is 2.28. The van der Waals surface area contributed by atoms with Crippen LogP contribution in [0.1, 0.15) is 71.3 Å². The highest BCUT2D eigenvalue weighted by atomic mass is 16.5. The molecule has 1 atom stereocenters. The number of carbonyl (C=O) groups is 1. The van der Waals surface area contributed by atoms with Crippen LogP contribution in [0.4, 0.5) is 0 Å². The summed E-state index contributed by atoms with van der Waals surface area (Å²) in [5, 5.41) is 17.3. The first kappa shape index (κ1) is 18.2. The Labute approximate surface area is 168 Å². The zero-order chi connectivity index (χ0) is 19.8. The number of rotatable bonds is 7. The summed E-state index contributed by atoms with van der Waals surface area (Å²) < 4.78 is 7.06. The fourth-order valence-electron chi connectivity index (χ4n) is 4.30. The van der Waals surface area contributed by atoms with Crippen molar-refractivity contribution < 1.29 is 14.4 Å². The van der Waals surface area contributed by atoms with E-state index in [4.69, 9.17) is 9.63 Å². The van der Waals surface area contributed by atoms with Crippen LogP contribution >= 0.6 is 0 Å². The van der Waals surface area contributed by atoms with Crippen LogP contribution in [0.15, 0.2) is 35.1 Å². The van der Waals surface area contributed by atoms with Crippen LogP contribution in [0.25, 0.3) is 11.4 Å². The first-order valence-electron chi connectivity index (χ1n) is 10.3. The number of aliphatic hydroxyl groups is 1. The third kappa shape index (κ3) is 3.51. The number of Topliss-reactive ketones (excluding diaryl/α,β-unsaturated/α-hetero) is 1. The van der Waals surface area contributed by atoms with Gasteiger partial charge < -0.3 is 9.63 Å². The van der Waals surface area contributed by atoms with Crippen molar-refractivity contribution in [3.8, 4) is 11.4 Å². The normalized spacial score (nSPS) is 18.6. The van der Waals surface area contributed by atoms with Crippen LogP contribution < -0.4 is 0 Å². The number of hydrogen-bond acceptors (Lipinski definition) is 6. The lowest BCUT2D eigenvalue weighted by Gasteiger charge is -2.20. The van der Waals surface area contributed by atoms with Crippen molar-refractivity contribution in [2.45, 2.75) is 56.9 Å². The van der Waals surface area contributed by atoms with Crippen molar-refractivity contribution >= 4 is 5.78 Å². The van der Waals surface area contributed by atoms with Gasteiger partial charge in [-0.25, -0.2) is 0 Å². The number of ketones is 1. The molecule has 2 heterocycles. The van der Waals surface area contributed by atoms with E-state index in [0.29, 0.717) is 30.3 Å². The monoisotopic (exact) mass is 392 g/mol. The molecule has 1 fully saturated rings. The van der Waals surface area contributed by atoms with Gasteiger partial charge in [0.2, 0.25) is 11.7 Å². The van der Waals surface area contributed by atoms with Gasteiger partial charge in [0.25, 0.3) is 0 Å². The summed E-state index contributed by atoms with van der Waals surface area (Å²) in [5.74, 6) is 2.17. The number of aryl methyl sites for hydroxylation is 1. The van der Waals surface area contributed by atoms with Gasteiger partial charge in [-0.2, -0.15) is 10.1 Å². The molecule has 1 saturated carbocycles. The summed E-state index contributed by atoms with van der Waals surface area (Å²) >= 11 is 0. The molecule has 0 bridgehead atoms. The van der Waals surface area contributed by atoms with Crippen LogP contribution in [-0.4, -0.2) is 37.4 Å². The summed E-state index contributed by atoms with van der Waals surface area (Å²) in [7, 11) is 0. The Bertz CT molecular complexity index is 1030. The molecular weight excluding hydrogens is 368 g/mol. The second-order valence-corrected chi connectivity index (χ2v) is 8.08. The van der Waals surface area contributed by atoms with Gasteiger partial charge in [-0.3, -0.25) is 9.48 Å². The summed E-state index contributed by atoms with van der Waals surface area (Å²) in [4.78, 5) is 17.3. The average molecular weight is 392 g/mol. The zero-order valence-corrected chi connectivity index (χ0v) is 16.3. The van der Waals surface area contributed by atoms with E-state index in [9.17, 15) is 4.79 Å². The predicted molar refractivity (Wildman–Crippen MR) is 106 cm³/mol. The third-order valence-corrected chi connectivity index (χ3v) is 6.22. The second kappa shape index (κ2) is 7.55. The molecule has 7 nitrogen and oxygen atoms in total. The van der Waals surface area contributed by atoms with E-state index in [0.717, 1.165) is 37.1 Å². The third-order valence-electron chi connectivity index (χ3n) is 6.22. The Hall–Kier alpha value is -2.80. The smallest absolute Gasteiger partial charge is 0.230 e. The molecule has 1 N–H and O–H groups in total. The maximum atomic E-state index is 12.7. The molecule has 0 amide bonds. The van der Waals surface area contributed by atoms with E-state index in [1.54, 1.807) is 17.1 Å². The van der Waals surface area contributed by atoms with Gasteiger partial charge in [-0.1, -0.05) is 23.7 Å². The second-order valence-electron chi connectivity index (χ2n) is 8.08. The number of carbonyl (C=O) groups excluding carboxylic acids is 1. The van der Waals surface area contributed by atoms with Crippen LogP contribution in [0.2, 0.25) is 0 Å². The van der Waals surface area contributed by atoms with Crippen molar-refractivity contribution in [1.29, 1.82) is 0 Å². The predicted octanol–water partition coefficient (Wildman–Crippen LogP) is 3.50. The Kier molecular flexibility index (Phi) is 4.75. The molecule has 3 aromatic rings. The molecule has 2 aliphatic rings. The highest BCUT2D eigenvalue weighted by Crippen LogP contribution is 2.39. The topological polar surface area (TPSA) is 94.0 Å². The lowest BCUT2D eigenvalue weighted by molar-refractivity contribution is 0.0973. The van der Waals surface area contributed by atoms with Crippen molar-refractivity contribution in [1.82, 2.24) is 19.9 Å². The van der Waals surface area contributed by atoms with E-state index >= 15 is 0 Å². The minimum atomic E-state index is 0.0101. The first-order valence-corrected chi connectivity index (χ1v) is 10.3. The van der Waals surface area contributed by atoms with Crippen LogP contribution in [-0.2, 0) is 13.0 Å². The van der Waals surface area contributed by atoms with Gasteiger partial charge in [0.05, 0.1) is 24.9 Å². The maximum absolute atomic E-state index is 12.7. The number of aromatic nitrogens is 4. The Morgan fingerprint density at radius 1 is 1.28 bits per heavy atom. The standard InChI is InChI=1S/C22H24N4O3/c27-9-8-26-13-18(12-23-26)20(28)11-16-5-4-15-10-17(6-7-19(15)16)21-24-22(29-25-21)14-2-1-3-14/h6-7,10,12-14,16,27H,1-5,8-9,11H2/t16-/m0/s1. The number of nitrogens with zero attached hydrogens (tertiary/aromatic N) is 4. The molecule has 0 saturated heterocycles. The fraction of sp³-hybridized carbons (Fsp3) is 0.455. The SMILES string of the molecule is O=C(C[C@@H]1CCc2cc(-c3noc(C4CCC4)n3)ccc21)c1cnn(CCO)c1. The van der Waals surface area contributed by atoms with Gasteiger partial charge in [-0.05, 0) is 48.8 Å². The molecule has 7 heteroatoms.